The van der Waals surface area contributed by atoms with E-state index in [1.165, 1.54) is 11.1 Å². The van der Waals surface area contributed by atoms with Gasteiger partial charge in [-0.15, -0.1) is 0 Å². The van der Waals surface area contributed by atoms with Crippen LogP contribution in [0.3, 0.4) is 0 Å². The molecule has 20 heavy (non-hydrogen) atoms. The van der Waals surface area contributed by atoms with Gasteiger partial charge in [0.2, 0.25) is 0 Å². The van der Waals surface area contributed by atoms with Crippen LogP contribution in [-0.4, -0.2) is 0 Å². The van der Waals surface area contributed by atoms with Gasteiger partial charge in [-0.3, -0.25) is 0 Å². The minimum Gasteiger partial charge on any atom is -0.0840 e. The van der Waals surface area contributed by atoms with Crippen LogP contribution < -0.4 is 0 Å². The molecule has 1 rings (SSSR count). The minimum absolute atomic E-state index is 0.261. The summed E-state index contributed by atoms with van der Waals surface area (Å²) in [6.07, 6.45) is 4.20. The molecule has 0 nitrogen and oxygen atoms in total. The van der Waals surface area contributed by atoms with Crippen molar-refractivity contribution in [1.82, 2.24) is 0 Å². The summed E-state index contributed by atoms with van der Waals surface area (Å²) in [5, 5.41) is 1.72. The van der Waals surface area contributed by atoms with E-state index in [0.29, 0.717) is 0 Å². The maximum absolute atomic E-state index is 6.48. The Morgan fingerprint density at radius 1 is 0.750 bits per heavy atom. The lowest BCUT2D eigenvalue weighted by Crippen LogP contribution is -2.15. The van der Waals surface area contributed by atoms with Crippen LogP contribution in [0.25, 0.3) is 0 Å². The normalized spacial score (nSPS) is 12.8. The number of hydrogen-bond donors (Lipinski definition) is 0. The second-order valence-electron chi connectivity index (χ2n) is 7.42. The fourth-order valence-electron chi connectivity index (χ4n) is 2.18. The highest BCUT2D eigenvalue weighted by Gasteiger charge is 2.21. The lowest BCUT2D eigenvalue weighted by molar-refractivity contribution is 0.346. The van der Waals surface area contributed by atoms with E-state index >= 15 is 0 Å². The summed E-state index contributed by atoms with van der Waals surface area (Å²) < 4.78 is 0. The van der Waals surface area contributed by atoms with Gasteiger partial charge >= 0.3 is 0 Å². The first kappa shape index (κ1) is 17.9. The van der Waals surface area contributed by atoms with Crippen LogP contribution in [0.2, 0.25) is 10.0 Å². The predicted octanol–water partition coefficient (Wildman–Crippen LogP) is 6.95. The lowest BCUT2D eigenvalue weighted by Gasteiger charge is -2.26. The molecule has 1 aromatic rings. The molecule has 2 heteroatoms. The zero-order valence-corrected chi connectivity index (χ0v) is 15.3. The second kappa shape index (κ2) is 6.71. The van der Waals surface area contributed by atoms with Crippen LogP contribution >= 0.6 is 23.2 Å². The molecule has 0 aliphatic heterocycles. The lowest BCUT2D eigenvalue weighted by atomic mass is 9.81. The Morgan fingerprint density at radius 3 is 1.30 bits per heavy atom. The molecule has 1 aromatic carbocycles. The number of hydrogen-bond acceptors (Lipinski definition) is 0. The number of benzene rings is 1. The van der Waals surface area contributed by atoms with Crippen LogP contribution in [0.15, 0.2) is 12.1 Å². The minimum atomic E-state index is 0.261. The first-order valence-electron chi connectivity index (χ1n) is 7.57. The standard InChI is InChI=1S/C18H28Cl2/c1-7-17(3,4)11-13-9-16(20)14(10-15(13)19)12-18(5,6)8-2/h9-10H,7-8,11-12H2,1-6H3. The van der Waals surface area contributed by atoms with E-state index in [4.69, 9.17) is 23.2 Å². The molecule has 0 aliphatic rings. The summed E-state index contributed by atoms with van der Waals surface area (Å²) in [4.78, 5) is 0. The molecule has 0 unspecified atom stereocenters. The van der Waals surface area contributed by atoms with Crippen molar-refractivity contribution in [2.45, 2.75) is 67.2 Å². The highest BCUT2D eigenvalue weighted by Crippen LogP contribution is 2.35. The van der Waals surface area contributed by atoms with Gasteiger partial charge in [0.25, 0.3) is 0 Å². The molecule has 0 spiro atoms. The van der Waals surface area contributed by atoms with Crippen LogP contribution in [0, 0.1) is 10.8 Å². The Balaban J connectivity index is 3.03. The summed E-state index contributed by atoms with van der Waals surface area (Å²) in [6.45, 7) is 13.5. The van der Waals surface area contributed by atoms with Gasteiger partial charge in [0.05, 0.1) is 0 Å². The zero-order chi connectivity index (χ0) is 15.6. The Kier molecular flexibility index (Phi) is 5.99. The van der Waals surface area contributed by atoms with Gasteiger partial charge < -0.3 is 0 Å². The average molecular weight is 315 g/mol. The molecule has 0 heterocycles. The van der Waals surface area contributed by atoms with Crippen molar-refractivity contribution in [3.8, 4) is 0 Å². The topological polar surface area (TPSA) is 0 Å². The first-order chi connectivity index (χ1) is 9.10. The summed E-state index contributed by atoms with van der Waals surface area (Å²) in [5.74, 6) is 0. The van der Waals surface area contributed by atoms with Gasteiger partial charge in [-0.05, 0) is 46.9 Å². The van der Waals surface area contributed by atoms with Crippen LogP contribution in [0.1, 0.15) is 65.5 Å². The van der Waals surface area contributed by atoms with Gasteiger partial charge in [0.1, 0.15) is 0 Å². The second-order valence-corrected chi connectivity index (χ2v) is 8.24. The van der Waals surface area contributed by atoms with Crippen molar-refractivity contribution in [3.63, 3.8) is 0 Å². The zero-order valence-electron chi connectivity index (χ0n) is 13.7. The number of halogens is 2. The summed E-state index contributed by atoms with van der Waals surface area (Å²) in [6, 6.07) is 4.14. The van der Waals surface area contributed by atoms with Crippen molar-refractivity contribution in [1.29, 1.82) is 0 Å². The highest BCUT2D eigenvalue weighted by atomic mass is 35.5. The molecule has 0 bridgehead atoms. The van der Waals surface area contributed by atoms with Crippen LogP contribution in [0.5, 0.6) is 0 Å². The maximum atomic E-state index is 6.48. The molecule has 0 atom stereocenters. The fraction of sp³-hybridized carbons (Fsp3) is 0.667. The van der Waals surface area contributed by atoms with Crippen LogP contribution in [0.4, 0.5) is 0 Å². The van der Waals surface area contributed by atoms with E-state index in [9.17, 15) is 0 Å². The van der Waals surface area contributed by atoms with Gasteiger partial charge in [-0.1, -0.05) is 77.6 Å². The highest BCUT2D eigenvalue weighted by molar-refractivity contribution is 6.34. The summed E-state index contributed by atoms with van der Waals surface area (Å²) in [5.41, 5.74) is 2.86. The number of rotatable bonds is 6. The van der Waals surface area contributed by atoms with E-state index < -0.39 is 0 Å². The molecule has 114 valence electrons. The Hall–Kier alpha value is -0.200. The van der Waals surface area contributed by atoms with Gasteiger partial charge in [-0.2, -0.15) is 0 Å². The Labute approximate surface area is 134 Å². The van der Waals surface area contributed by atoms with E-state index in [1.54, 1.807) is 0 Å². The van der Waals surface area contributed by atoms with Crippen molar-refractivity contribution < 1.29 is 0 Å². The van der Waals surface area contributed by atoms with E-state index in [1.807, 2.05) is 0 Å². The molecular weight excluding hydrogens is 287 g/mol. The molecule has 0 amide bonds. The van der Waals surface area contributed by atoms with E-state index in [-0.39, 0.29) is 10.8 Å². The third-order valence-corrected chi connectivity index (χ3v) is 5.17. The summed E-state index contributed by atoms with van der Waals surface area (Å²) >= 11 is 13.0. The third kappa shape index (κ3) is 4.97. The maximum Gasteiger partial charge on any atom is 0.0441 e. The largest absolute Gasteiger partial charge is 0.0840 e. The molecular formula is C18H28Cl2. The molecule has 0 radical (unpaired) electrons. The molecule has 0 fully saturated rings. The first-order valence-corrected chi connectivity index (χ1v) is 8.32. The monoisotopic (exact) mass is 314 g/mol. The average Bonchev–Trinajstić information content (AvgIpc) is 2.35. The van der Waals surface area contributed by atoms with E-state index in [2.05, 4.69) is 53.7 Å². The van der Waals surface area contributed by atoms with E-state index in [0.717, 1.165) is 35.7 Å². The smallest absolute Gasteiger partial charge is 0.0441 e. The van der Waals surface area contributed by atoms with Crippen molar-refractivity contribution >= 4 is 23.2 Å². The molecule has 0 aromatic heterocycles. The third-order valence-electron chi connectivity index (χ3n) is 4.47. The molecule has 0 saturated carbocycles. The van der Waals surface area contributed by atoms with Crippen molar-refractivity contribution in [2.24, 2.45) is 10.8 Å². The predicted molar refractivity (Wildman–Crippen MR) is 92.0 cm³/mol. The molecule has 0 saturated heterocycles. The van der Waals surface area contributed by atoms with Gasteiger partial charge in [0, 0.05) is 10.0 Å². The van der Waals surface area contributed by atoms with Gasteiger partial charge in [-0.25, -0.2) is 0 Å². The SMILES string of the molecule is CCC(C)(C)Cc1cc(Cl)c(CC(C)(C)CC)cc1Cl. The summed E-state index contributed by atoms with van der Waals surface area (Å²) in [7, 11) is 0. The van der Waals surface area contributed by atoms with Crippen LogP contribution in [-0.2, 0) is 12.8 Å². The molecule has 0 N–H and O–H groups in total. The molecule has 0 aliphatic carbocycles. The Morgan fingerprint density at radius 2 is 1.05 bits per heavy atom. The van der Waals surface area contributed by atoms with Crippen molar-refractivity contribution in [3.05, 3.63) is 33.3 Å². The Bertz CT molecular complexity index is 415. The quantitative estimate of drug-likeness (QED) is 0.533. The fourth-order valence-corrected chi connectivity index (χ4v) is 2.69. The van der Waals surface area contributed by atoms with Crippen molar-refractivity contribution in [2.75, 3.05) is 0 Å². The van der Waals surface area contributed by atoms with Gasteiger partial charge in [0.15, 0.2) is 0 Å².